The van der Waals surface area contributed by atoms with Crippen LogP contribution in [0.4, 0.5) is 0 Å². The van der Waals surface area contributed by atoms with Crippen LogP contribution in [0.15, 0.2) is 0 Å². The lowest BCUT2D eigenvalue weighted by Gasteiger charge is -2.26. The van der Waals surface area contributed by atoms with Gasteiger partial charge in [-0.3, -0.25) is 4.79 Å². The molecule has 0 aromatic rings. The Bertz CT molecular complexity index is 229. The van der Waals surface area contributed by atoms with Crippen molar-refractivity contribution >= 4 is 5.78 Å². The van der Waals surface area contributed by atoms with Crippen molar-refractivity contribution in [2.45, 2.75) is 64.6 Å². The maximum absolute atomic E-state index is 12.1. The molecule has 2 nitrogen and oxygen atoms in total. The minimum absolute atomic E-state index is 0.0709. The number of hydrogen-bond donors (Lipinski definition) is 0. The number of ether oxygens (including phenoxy) is 1. The second-order valence-electron chi connectivity index (χ2n) is 5.37. The maximum Gasteiger partial charge on any atom is 0.164 e. The Morgan fingerprint density at radius 2 is 1.67 bits per heavy atom. The van der Waals surface area contributed by atoms with Crippen LogP contribution in [-0.2, 0) is 9.53 Å². The van der Waals surface area contributed by atoms with E-state index in [1.165, 1.54) is 12.8 Å². The molecular formula is C13H22O2. The summed E-state index contributed by atoms with van der Waals surface area (Å²) in [5, 5.41) is 0. The van der Waals surface area contributed by atoms with Crippen LogP contribution in [0.5, 0.6) is 0 Å². The lowest BCUT2D eigenvalue weighted by molar-refractivity contribution is -0.134. The van der Waals surface area contributed by atoms with Gasteiger partial charge in [-0.1, -0.05) is 19.8 Å². The van der Waals surface area contributed by atoms with Gasteiger partial charge in [-0.2, -0.15) is 0 Å². The zero-order valence-electron chi connectivity index (χ0n) is 9.87. The number of rotatable bonds is 2. The molecule has 0 aromatic heterocycles. The summed E-state index contributed by atoms with van der Waals surface area (Å²) in [6.07, 6.45) is 6.85. The van der Waals surface area contributed by atoms with E-state index in [1.54, 1.807) is 0 Å². The normalized spacial score (nSPS) is 41.7. The van der Waals surface area contributed by atoms with E-state index in [9.17, 15) is 4.79 Å². The topological polar surface area (TPSA) is 26.3 Å². The highest BCUT2D eigenvalue weighted by atomic mass is 16.5. The van der Waals surface area contributed by atoms with Gasteiger partial charge in [0.05, 0.1) is 6.10 Å². The third-order valence-electron chi connectivity index (χ3n) is 3.97. The molecule has 0 aromatic carbocycles. The van der Waals surface area contributed by atoms with E-state index < -0.39 is 0 Å². The smallest absolute Gasteiger partial charge is 0.164 e. The molecule has 0 N–H and O–H groups in total. The fourth-order valence-electron chi connectivity index (χ4n) is 2.82. The Morgan fingerprint density at radius 1 is 1.00 bits per heavy atom. The lowest BCUT2D eigenvalue weighted by atomic mass is 9.79. The fourth-order valence-corrected chi connectivity index (χ4v) is 2.82. The Morgan fingerprint density at radius 3 is 2.20 bits per heavy atom. The molecule has 0 bridgehead atoms. The molecule has 1 aliphatic carbocycles. The predicted molar refractivity (Wildman–Crippen MR) is 59.7 cm³/mol. The Kier molecular flexibility index (Phi) is 3.45. The van der Waals surface area contributed by atoms with E-state index in [-0.39, 0.29) is 6.10 Å². The molecule has 1 saturated heterocycles. The quantitative estimate of drug-likeness (QED) is 0.700. The molecule has 15 heavy (non-hydrogen) atoms. The first-order valence-electron chi connectivity index (χ1n) is 6.36. The number of carbonyl (C=O) groups is 1. The van der Waals surface area contributed by atoms with Gasteiger partial charge in [0, 0.05) is 5.92 Å². The molecule has 0 spiro atoms. The molecule has 86 valence electrons. The fraction of sp³-hybridized carbons (Fsp3) is 0.923. The van der Waals surface area contributed by atoms with Crippen LogP contribution in [0.1, 0.15) is 52.4 Å². The zero-order chi connectivity index (χ0) is 10.8. The SMILES string of the molecule is CC1CCC(C(=O)C2CCC(C)O2)CC1. The molecule has 0 amide bonds. The Hall–Kier alpha value is -0.370. The van der Waals surface area contributed by atoms with E-state index >= 15 is 0 Å². The molecule has 1 heterocycles. The zero-order valence-corrected chi connectivity index (χ0v) is 9.87. The first-order valence-corrected chi connectivity index (χ1v) is 6.36. The summed E-state index contributed by atoms with van der Waals surface area (Å²) in [4.78, 5) is 12.1. The van der Waals surface area contributed by atoms with Gasteiger partial charge in [0.2, 0.25) is 0 Å². The van der Waals surface area contributed by atoms with Crippen molar-refractivity contribution < 1.29 is 9.53 Å². The van der Waals surface area contributed by atoms with Crippen molar-refractivity contribution in [3.8, 4) is 0 Å². The van der Waals surface area contributed by atoms with Crippen molar-refractivity contribution in [3.63, 3.8) is 0 Å². The Balaban J connectivity index is 1.85. The van der Waals surface area contributed by atoms with Crippen LogP contribution in [0.3, 0.4) is 0 Å². The predicted octanol–water partition coefficient (Wildman–Crippen LogP) is 2.95. The monoisotopic (exact) mass is 210 g/mol. The van der Waals surface area contributed by atoms with Crippen molar-refractivity contribution in [1.29, 1.82) is 0 Å². The number of hydrogen-bond acceptors (Lipinski definition) is 2. The Labute approximate surface area is 92.4 Å². The average molecular weight is 210 g/mol. The minimum atomic E-state index is -0.0709. The van der Waals surface area contributed by atoms with Gasteiger partial charge in [-0.15, -0.1) is 0 Å². The second kappa shape index (κ2) is 4.65. The molecule has 2 aliphatic rings. The third kappa shape index (κ3) is 2.60. The third-order valence-corrected chi connectivity index (χ3v) is 3.97. The molecule has 0 radical (unpaired) electrons. The largest absolute Gasteiger partial charge is 0.367 e. The second-order valence-corrected chi connectivity index (χ2v) is 5.37. The van der Waals surface area contributed by atoms with Gasteiger partial charge in [-0.05, 0) is 38.5 Å². The van der Waals surface area contributed by atoms with Crippen molar-refractivity contribution in [1.82, 2.24) is 0 Å². The minimum Gasteiger partial charge on any atom is -0.367 e. The summed E-state index contributed by atoms with van der Waals surface area (Å²) in [5.41, 5.74) is 0. The first-order chi connectivity index (χ1) is 7.16. The summed E-state index contributed by atoms with van der Waals surface area (Å²) >= 11 is 0. The van der Waals surface area contributed by atoms with Crippen LogP contribution < -0.4 is 0 Å². The van der Waals surface area contributed by atoms with Gasteiger partial charge < -0.3 is 4.74 Å². The van der Waals surface area contributed by atoms with E-state index in [0.717, 1.165) is 31.6 Å². The molecular weight excluding hydrogens is 188 g/mol. The molecule has 1 aliphatic heterocycles. The van der Waals surface area contributed by atoms with Gasteiger partial charge >= 0.3 is 0 Å². The molecule has 2 heteroatoms. The molecule has 2 rings (SSSR count). The molecule has 1 saturated carbocycles. The summed E-state index contributed by atoms with van der Waals surface area (Å²) < 4.78 is 5.65. The summed E-state index contributed by atoms with van der Waals surface area (Å²) in [6.45, 7) is 4.35. The highest BCUT2D eigenvalue weighted by molar-refractivity contribution is 5.85. The maximum atomic E-state index is 12.1. The summed E-state index contributed by atoms with van der Waals surface area (Å²) in [7, 11) is 0. The molecule has 2 atom stereocenters. The van der Waals surface area contributed by atoms with E-state index in [1.807, 2.05) is 0 Å². The van der Waals surface area contributed by atoms with Crippen LogP contribution in [0.25, 0.3) is 0 Å². The van der Waals surface area contributed by atoms with Gasteiger partial charge in [-0.25, -0.2) is 0 Å². The number of ketones is 1. The first kappa shape index (κ1) is 11.1. The van der Waals surface area contributed by atoms with Crippen molar-refractivity contribution in [3.05, 3.63) is 0 Å². The summed E-state index contributed by atoms with van der Waals surface area (Å²) in [6, 6.07) is 0. The van der Waals surface area contributed by atoms with E-state index in [4.69, 9.17) is 4.74 Å². The van der Waals surface area contributed by atoms with E-state index in [2.05, 4.69) is 13.8 Å². The van der Waals surface area contributed by atoms with Crippen LogP contribution >= 0.6 is 0 Å². The van der Waals surface area contributed by atoms with Gasteiger partial charge in [0.25, 0.3) is 0 Å². The number of Topliss-reactive ketones (excluding diaryl/α,β-unsaturated/α-hetero) is 1. The standard InChI is InChI=1S/C13H22O2/c1-9-3-6-11(7-4-9)13(14)12-8-5-10(2)15-12/h9-12H,3-8H2,1-2H3. The highest BCUT2D eigenvalue weighted by Gasteiger charge is 2.34. The van der Waals surface area contributed by atoms with Crippen molar-refractivity contribution in [2.24, 2.45) is 11.8 Å². The van der Waals surface area contributed by atoms with Crippen LogP contribution in [0.2, 0.25) is 0 Å². The van der Waals surface area contributed by atoms with Gasteiger partial charge in [0.1, 0.15) is 6.10 Å². The molecule has 2 unspecified atom stereocenters. The summed E-state index contributed by atoms with van der Waals surface area (Å²) in [5.74, 6) is 1.51. The van der Waals surface area contributed by atoms with Gasteiger partial charge in [0.15, 0.2) is 5.78 Å². The highest BCUT2D eigenvalue weighted by Crippen LogP contribution is 2.32. The lowest BCUT2D eigenvalue weighted by Crippen LogP contribution is -2.30. The van der Waals surface area contributed by atoms with Crippen LogP contribution in [-0.4, -0.2) is 18.0 Å². The van der Waals surface area contributed by atoms with E-state index in [0.29, 0.717) is 17.8 Å². The van der Waals surface area contributed by atoms with Crippen LogP contribution in [0, 0.1) is 11.8 Å². The number of carbonyl (C=O) groups excluding carboxylic acids is 1. The van der Waals surface area contributed by atoms with Crippen molar-refractivity contribution in [2.75, 3.05) is 0 Å². The molecule has 2 fully saturated rings. The average Bonchev–Trinajstić information content (AvgIpc) is 2.65.